The maximum atomic E-state index is 6.19. The van der Waals surface area contributed by atoms with Gasteiger partial charge in [0.15, 0.2) is 0 Å². The number of halogens is 1. The van der Waals surface area contributed by atoms with Gasteiger partial charge in [-0.15, -0.1) is 10.2 Å². The molecule has 5 nitrogen and oxygen atoms in total. The molecular weight excluding hydrogens is 346 g/mol. The molecule has 0 spiro atoms. The Balaban J connectivity index is 1.42. The van der Waals surface area contributed by atoms with Gasteiger partial charge in [-0.2, -0.15) is 0 Å². The highest BCUT2D eigenvalue weighted by atomic mass is 35.5. The molecule has 1 aromatic carbocycles. The van der Waals surface area contributed by atoms with Crippen LogP contribution in [0.2, 0.25) is 5.02 Å². The van der Waals surface area contributed by atoms with Gasteiger partial charge in [-0.05, 0) is 55.2 Å². The van der Waals surface area contributed by atoms with Crippen molar-refractivity contribution in [1.82, 2.24) is 19.7 Å². The van der Waals surface area contributed by atoms with Gasteiger partial charge in [0.05, 0.1) is 5.69 Å². The maximum Gasteiger partial charge on any atom is 0.140 e. The van der Waals surface area contributed by atoms with Gasteiger partial charge in [0.1, 0.15) is 17.5 Å². The van der Waals surface area contributed by atoms with Crippen LogP contribution in [0.15, 0.2) is 42.6 Å². The summed E-state index contributed by atoms with van der Waals surface area (Å²) >= 11 is 6.19. The summed E-state index contributed by atoms with van der Waals surface area (Å²) in [5, 5.41) is 9.87. The number of aryl methyl sites for hydroxylation is 2. The molecule has 6 heteroatoms. The second-order valence-electron chi connectivity index (χ2n) is 7.03. The average Bonchev–Trinajstić information content (AvgIpc) is 3.13. The molecule has 3 aromatic rings. The molecule has 0 bridgehead atoms. The third-order valence-electron chi connectivity index (χ3n) is 5.49. The molecule has 2 aliphatic heterocycles. The Morgan fingerprint density at radius 2 is 1.88 bits per heavy atom. The van der Waals surface area contributed by atoms with Crippen LogP contribution in [-0.4, -0.2) is 32.8 Å². The number of hydrogen-bond acceptors (Lipinski definition) is 4. The lowest BCUT2D eigenvalue weighted by Gasteiger charge is -2.33. The fourth-order valence-corrected chi connectivity index (χ4v) is 4.34. The van der Waals surface area contributed by atoms with Crippen LogP contribution in [0.4, 0.5) is 5.82 Å². The zero-order valence-corrected chi connectivity index (χ0v) is 15.2. The number of hydrogen-bond donors (Lipinski definition) is 0. The summed E-state index contributed by atoms with van der Waals surface area (Å²) < 4.78 is 2.27. The largest absolute Gasteiger partial charge is 0.357 e. The Kier molecular flexibility index (Phi) is 3.89. The summed E-state index contributed by atoms with van der Waals surface area (Å²) in [7, 11) is 0. The molecule has 0 N–H and O–H groups in total. The van der Waals surface area contributed by atoms with E-state index in [9.17, 15) is 0 Å². The van der Waals surface area contributed by atoms with Crippen LogP contribution >= 0.6 is 11.6 Å². The predicted octanol–water partition coefficient (Wildman–Crippen LogP) is 3.80. The van der Waals surface area contributed by atoms with E-state index < -0.39 is 0 Å². The summed E-state index contributed by atoms with van der Waals surface area (Å²) in [6, 6.07) is 12.2. The Labute approximate surface area is 157 Å². The highest BCUT2D eigenvalue weighted by Gasteiger charge is 2.29. The molecule has 1 fully saturated rings. The minimum atomic E-state index is 0.429. The minimum Gasteiger partial charge on any atom is -0.357 e. The third kappa shape index (κ3) is 2.67. The van der Waals surface area contributed by atoms with E-state index >= 15 is 0 Å². The van der Waals surface area contributed by atoms with Gasteiger partial charge in [0, 0.05) is 36.6 Å². The number of nitrogens with zero attached hydrogens (tertiary/aromatic N) is 5. The number of pyridine rings is 1. The van der Waals surface area contributed by atoms with Crippen molar-refractivity contribution in [3.63, 3.8) is 0 Å². The number of fused-ring (bicyclic) bond motifs is 3. The van der Waals surface area contributed by atoms with Gasteiger partial charge in [-0.25, -0.2) is 4.98 Å². The molecule has 0 radical (unpaired) electrons. The van der Waals surface area contributed by atoms with E-state index in [2.05, 4.69) is 42.8 Å². The van der Waals surface area contributed by atoms with Gasteiger partial charge in [-0.3, -0.25) is 4.57 Å². The number of aromatic nitrogens is 4. The first-order valence-corrected chi connectivity index (χ1v) is 9.56. The minimum absolute atomic E-state index is 0.429. The second kappa shape index (κ2) is 6.40. The molecule has 1 saturated heterocycles. The molecule has 0 unspecified atom stereocenters. The van der Waals surface area contributed by atoms with Crippen molar-refractivity contribution in [3.8, 4) is 5.69 Å². The zero-order chi connectivity index (χ0) is 17.5. The first kappa shape index (κ1) is 15.8. The summed E-state index contributed by atoms with van der Waals surface area (Å²) in [4.78, 5) is 6.84. The van der Waals surface area contributed by atoms with E-state index in [0.717, 1.165) is 61.3 Å². The van der Waals surface area contributed by atoms with Gasteiger partial charge >= 0.3 is 0 Å². The van der Waals surface area contributed by atoms with Crippen LogP contribution in [0.5, 0.6) is 0 Å². The van der Waals surface area contributed by atoms with Crippen molar-refractivity contribution in [1.29, 1.82) is 0 Å². The monoisotopic (exact) mass is 365 g/mol. The molecule has 0 amide bonds. The van der Waals surface area contributed by atoms with E-state index in [1.165, 1.54) is 11.3 Å². The molecule has 26 heavy (non-hydrogen) atoms. The maximum absolute atomic E-state index is 6.19. The molecule has 132 valence electrons. The number of rotatable bonds is 2. The van der Waals surface area contributed by atoms with E-state index in [1.54, 1.807) is 0 Å². The lowest BCUT2D eigenvalue weighted by atomic mass is 9.94. The van der Waals surface area contributed by atoms with Crippen LogP contribution in [-0.2, 0) is 12.8 Å². The van der Waals surface area contributed by atoms with Crippen molar-refractivity contribution in [2.24, 2.45) is 0 Å². The zero-order valence-electron chi connectivity index (χ0n) is 14.5. The van der Waals surface area contributed by atoms with Gasteiger partial charge in [-0.1, -0.05) is 17.7 Å². The molecule has 2 aliphatic rings. The lowest BCUT2D eigenvalue weighted by molar-refractivity contribution is 0.476. The van der Waals surface area contributed by atoms with E-state index in [1.807, 2.05) is 24.4 Å². The highest BCUT2D eigenvalue weighted by molar-refractivity contribution is 6.30. The fraction of sp³-hybridized carbons (Fsp3) is 0.350. The van der Waals surface area contributed by atoms with E-state index in [4.69, 9.17) is 11.6 Å². The molecule has 5 rings (SSSR count). The molecule has 0 saturated carbocycles. The van der Waals surface area contributed by atoms with Gasteiger partial charge in [0.2, 0.25) is 0 Å². The summed E-state index contributed by atoms with van der Waals surface area (Å²) in [5.41, 5.74) is 2.49. The van der Waals surface area contributed by atoms with E-state index in [0.29, 0.717) is 5.92 Å². The number of piperidine rings is 1. The normalized spacial score (nSPS) is 17.0. The molecular formula is C20H20ClN5. The summed E-state index contributed by atoms with van der Waals surface area (Å²) in [6.07, 6.45) is 5.90. The smallest absolute Gasteiger partial charge is 0.140 e. The van der Waals surface area contributed by atoms with Crippen molar-refractivity contribution in [2.75, 3.05) is 18.0 Å². The first-order valence-electron chi connectivity index (χ1n) is 9.18. The Hall–Kier alpha value is -2.40. The summed E-state index contributed by atoms with van der Waals surface area (Å²) in [5.74, 6) is 3.66. The van der Waals surface area contributed by atoms with Gasteiger partial charge < -0.3 is 4.90 Å². The van der Waals surface area contributed by atoms with Crippen molar-refractivity contribution in [2.45, 2.75) is 31.6 Å². The first-order chi connectivity index (χ1) is 12.8. The SMILES string of the molecule is Clc1ccc2c(c1)CCc1nnc(C3CCN(c4ccccn4)CC3)n1-2. The Bertz CT molecular complexity index is 929. The quantitative estimate of drug-likeness (QED) is 0.693. The number of anilines is 1. The lowest BCUT2D eigenvalue weighted by Crippen LogP contribution is -2.34. The van der Waals surface area contributed by atoms with Crippen molar-refractivity contribution >= 4 is 17.4 Å². The summed E-state index contributed by atoms with van der Waals surface area (Å²) in [6.45, 7) is 1.99. The molecule has 4 heterocycles. The highest BCUT2D eigenvalue weighted by Crippen LogP contribution is 2.34. The number of benzene rings is 1. The van der Waals surface area contributed by atoms with Crippen LogP contribution in [0.3, 0.4) is 0 Å². The van der Waals surface area contributed by atoms with E-state index in [-0.39, 0.29) is 0 Å². The standard InChI is InChI=1S/C20H20ClN5/c21-16-5-6-17-15(13-16)4-7-19-23-24-20(26(17)19)14-8-11-25(12-9-14)18-3-1-2-10-22-18/h1-3,5-6,10,13-14H,4,7-9,11-12H2. The van der Waals surface area contributed by atoms with Gasteiger partial charge in [0.25, 0.3) is 0 Å². The Morgan fingerprint density at radius 3 is 2.69 bits per heavy atom. The van der Waals surface area contributed by atoms with Crippen LogP contribution in [0, 0.1) is 0 Å². The fourth-order valence-electron chi connectivity index (χ4n) is 4.15. The predicted molar refractivity (Wildman–Crippen MR) is 102 cm³/mol. The molecule has 0 atom stereocenters. The topological polar surface area (TPSA) is 46.8 Å². The molecule has 0 aliphatic carbocycles. The van der Waals surface area contributed by atoms with Crippen LogP contribution in [0.25, 0.3) is 5.69 Å². The Morgan fingerprint density at radius 1 is 1.00 bits per heavy atom. The van der Waals surface area contributed by atoms with Crippen LogP contribution in [0.1, 0.15) is 36.0 Å². The second-order valence-corrected chi connectivity index (χ2v) is 7.47. The third-order valence-corrected chi connectivity index (χ3v) is 5.72. The van der Waals surface area contributed by atoms with Crippen LogP contribution < -0.4 is 4.90 Å². The van der Waals surface area contributed by atoms with Crippen molar-refractivity contribution in [3.05, 3.63) is 64.8 Å². The van der Waals surface area contributed by atoms with Crippen molar-refractivity contribution < 1.29 is 0 Å². The molecule has 2 aromatic heterocycles. The average molecular weight is 366 g/mol.